The molecule has 0 amide bonds. The van der Waals surface area contributed by atoms with E-state index in [1.54, 1.807) is 0 Å². The molecule has 2 fully saturated rings. The highest BCUT2D eigenvalue weighted by Crippen LogP contribution is 2.48. The van der Waals surface area contributed by atoms with Gasteiger partial charge in [-0.05, 0) is 55.8 Å². The van der Waals surface area contributed by atoms with Crippen molar-refractivity contribution in [3.8, 4) is 0 Å². The van der Waals surface area contributed by atoms with Gasteiger partial charge in [-0.15, -0.1) is 0 Å². The Labute approximate surface area is 115 Å². The Kier molecular flexibility index (Phi) is 6.05. The maximum absolute atomic E-state index is 2.43. The largest absolute Gasteiger partial charge is 0.0654 e. The SMILES string of the molecule is CCCCC(CC)[C](C1CCCC1)C1CCCC1. The van der Waals surface area contributed by atoms with E-state index in [0.717, 1.165) is 17.8 Å². The van der Waals surface area contributed by atoms with Gasteiger partial charge in [0, 0.05) is 0 Å². The number of unbranched alkanes of at least 4 members (excludes halogenated alkanes) is 1. The summed E-state index contributed by atoms with van der Waals surface area (Å²) in [6.07, 6.45) is 17.8. The first-order valence-corrected chi connectivity index (χ1v) is 8.73. The van der Waals surface area contributed by atoms with Crippen LogP contribution in [0.1, 0.15) is 90.9 Å². The van der Waals surface area contributed by atoms with Crippen LogP contribution in [0.5, 0.6) is 0 Å². The highest BCUT2D eigenvalue weighted by molar-refractivity contribution is 5.08. The van der Waals surface area contributed by atoms with Gasteiger partial charge in [0.15, 0.2) is 0 Å². The van der Waals surface area contributed by atoms with Crippen molar-refractivity contribution in [1.82, 2.24) is 0 Å². The predicted octanol–water partition coefficient (Wildman–Crippen LogP) is 6.16. The third-order valence-corrected chi connectivity index (χ3v) is 5.52. The minimum atomic E-state index is 0.969. The van der Waals surface area contributed by atoms with E-state index in [1.165, 1.54) is 77.0 Å². The van der Waals surface area contributed by atoms with Gasteiger partial charge in [-0.25, -0.2) is 0 Å². The van der Waals surface area contributed by atoms with Crippen LogP contribution in [0.25, 0.3) is 0 Å². The predicted molar refractivity (Wildman–Crippen MR) is 80.5 cm³/mol. The van der Waals surface area contributed by atoms with E-state index >= 15 is 0 Å². The first-order chi connectivity index (χ1) is 8.86. The van der Waals surface area contributed by atoms with E-state index in [1.807, 2.05) is 0 Å². The van der Waals surface area contributed by atoms with Gasteiger partial charge >= 0.3 is 0 Å². The van der Waals surface area contributed by atoms with Crippen molar-refractivity contribution < 1.29 is 0 Å². The summed E-state index contributed by atoms with van der Waals surface area (Å²) in [7, 11) is 0. The number of rotatable bonds is 7. The molecule has 0 saturated heterocycles. The number of hydrogen-bond acceptors (Lipinski definition) is 0. The van der Waals surface area contributed by atoms with Crippen molar-refractivity contribution in [3.63, 3.8) is 0 Å². The van der Waals surface area contributed by atoms with E-state index in [4.69, 9.17) is 0 Å². The molecule has 1 atom stereocenters. The van der Waals surface area contributed by atoms with Crippen LogP contribution >= 0.6 is 0 Å². The Morgan fingerprint density at radius 1 is 0.889 bits per heavy atom. The van der Waals surface area contributed by atoms with Crippen LogP contribution in [0.2, 0.25) is 0 Å². The highest BCUT2D eigenvalue weighted by atomic mass is 14.4. The van der Waals surface area contributed by atoms with Gasteiger partial charge in [-0.1, -0.05) is 58.8 Å². The summed E-state index contributed by atoms with van der Waals surface area (Å²) in [6, 6.07) is 0. The van der Waals surface area contributed by atoms with Crippen LogP contribution in [0.15, 0.2) is 0 Å². The van der Waals surface area contributed by atoms with Crippen LogP contribution in [-0.4, -0.2) is 0 Å². The average Bonchev–Trinajstić information content (AvgIpc) is 3.07. The van der Waals surface area contributed by atoms with E-state index in [9.17, 15) is 0 Å². The molecule has 0 aromatic heterocycles. The summed E-state index contributed by atoms with van der Waals surface area (Å²) in [6.45, 7) is 4.78. The Hall–Kier alpha value is 0. The van der Waals surface area contributed by atoms with Crippen molar-refractivity contribution in [2.75, 3.05) is 0 Å². The summed E-state index contributed by atoms with van der Waals surface area (Å²) >= 11 is 0. The Balaban J connectivity index is 2.00. The summed E-state index contributed by atoms with van der Waals surface area (Å²) in [5, 5.41) is 0. The topological polar surface area (TPSA) is 0 Å². The molecule has 2 rings (SSSR count). The second-order valence-electron chi connectivity index (χ2n) is 6.71. The van der Waals surface area contributed by atoms with Crippen LogP contribution in [0.3, 0.4) is 0 Å². The van der Waals surface area contributed by atoms with Crippen molar-refractivity contribution in [2.45, 2.75) is 90.9 Å². The minimum absolute atomic E-state index is 0.969. The molecule has 0 bridgehead atoms. The fraction of sp³-hybridized carbons (Fsp3) is 0.944. The minimum Gasteiger partial charge on any atom is -0.0654 e. The molecular weight excluding hydrogens is 216 g/mol. The zero-order chi connectivity index (χ0) is 12.8. The van der Waals surface area contributed by atoms with Gasteiger partial charge in [0.2, 0.25) is 0 Å². The second-order valence-corrected chi connectivity index (χ2v) is 6.71. The maximum Gasteiger partial charge on any atom is -0.0148 e. The zero-order valence-corrected chi connectivity index (χ0v) is 12.7. The molecule has 2 aliphatic carbocycles. The molecule has 105 valence electrons. The van der Waals surface area contributed by atoms with Gasteiger partial charge in [0.05, 0.1) is 0 Å². The van der Waals surface area contributed by atoms with Gasteiger partial charge in [-0.2, -0.15) is 0 Å². The molecule has 0 nitrogen and oxygen atoms in total. The van der Waals surface area contributed by atoms with Crippen molar-refractivity contribution in [2.24, 2.45) is 17.8 Å². The third-order valence-electron chi connectivity index (χ3n) is 5.52. The second kappa shape index (κ2) is 7.56. The first kappa shape index (κ1) is 14.4. The molecule has 0 heteroatoms. The van der Waals surface area contributed by atoms with Crippen LogP contribution in [0.4, 0.5) is 0 Å². The molecule has 0 aromatic rings. The summed E-state index contributed by atoms with van der Waals surface area (Å²) in [5.41, 5.74) is 0. The van der Waals surface area contributed by atoms with Gasteiger partial charge in [0.1, 0.15) is 0 Å². The molecule has 2 saturated carbocycles. The van der Waals surface area contributed by atoms with Gasteiger partial charge in [0.25, 0.3) is 0 Å². The normalized spacial score (nSPS) is 24.2. The fourth-order valence-corrected chi connectivity index (χ4v) is 4.58. The van der Waals surface area contributed by atoms with E-state index < -0.39 is 0 Å². The van der Waals surface area contributed by atoms with Crippen LogP contribution < -0.4 is 0 Å². The third kappa shape index (κ3) is 3.52. The standard InChI is InChI=1S/C18H33/c1-3-5-10-15(4-2)18(16-11-6-7-12-16)17-13-8-9-14-17/h15-17H,3-14H2,1-2H3. The monoisotopic (exact) mass is 249 g/mol. The van der Waals surface area contributed by atoms with Gasteiger partial charge in [-0.3, -0.25) is 0 Å². The number of hydrogen-bond donors (Lipinski definition) is 0. The van der Waals surface area contributed by atoms with Gasteiger partial charge < -0.3 is 0 Å². The van der Waals surface area contributed by atoms with Crippen LogP contribution in [0, 0.1) is 23.7 Å². The average molecular weight is 249 g/mol. The molecule has 0 heterocycles. The van der Waals surface area contributed by atoms with Crippen molar-refractivity contribution in [1.29, 1.82) is 0 Å². The van der Waals surface area contributed by atoms with E-state index in [0.29, 0.717) is 0 Å². The van der Waals surface area contributed by atoms with Crippen molar-refractivity contribution in [3.05, 3.63) is 5.92 Å². The lowest BCUT2D eigenvalue weighted by atomic mass is 9.69. The Morgan fingerprint density at radius 3 is 1.78 bits per heavy atom. The summed E-state index contributed by atoms with van der Waals surface area (Å²) in [5.74, 6) is 5.07. The zero-order valence-electron chi connectivity index (χ0n) is 12.7. The Bertz CT molecular complexity index is 192. The molecule has 0 aromatic carbocycles. The van der Waals surface area contributed by atoms with E-state index in [-0.39, 0.29) is 0 Å². The lowest BCUT2D eigenvalue weighted by Crippen LogP contribution is -2.26. The van der Waals surface area contributed by atoms with Crippen LogP contribution in [-0.2, 0) is 0 Å². The quantitative estimate of drug-likeness (QED) is 0.507. The molecule has 0 aliphatic heterocycles. The molecule has 1 unspecified atom stereocenters. The lowest BCUT2D eigenvalue weighted by Gasteiger charge is -2.35. The summed E-state index contributed by atoms with van der Waals surface area (Å²) in [4.78, 5) is 0. The fourth-order valence-electron chi connectivity index (χ4n) is 4.58. The molecular formula is C18H33. The molecule has 2 aliphatic rings. The lowest BCUT2D eigenvalue weighted by molar-refractivity contribution is 0.303. The van der Waals surface area contributed by atoms with E-state index in [2.05, 4.69) is 19.8 Å². The highest BCUT2D eigenvalue weighted by Gasteiger charge is 2.37. The smallest absolute Gasteiger partial charge is 0.0148 e. The summed E-state index contributed by atoms with van der Waals surface area (Å²) < 4.78 is 0. The first-order valence-electron chi connectivity index (χ1n) is 8.73. The molecule has 0 spiro atoms. The Morgan fingerprint density at radius 2 is 1.39 bits per heavy atom. The molecule has 18 heavy (non-hydrogen) atoms. The molecule has 0 N–H and O–H groups in total. The molecule has 1 radical (unpaired) electrons. The van der Waals surface area contributed by atoms with Crippen molar-refractivity contribution >= 4 is 0 Å². The maximum atomic E-state index is 2.43.